The summed E-state index contributed by atoms with van der Waals surface area (Å²) in [6.45, 7) is 5.26. The predicted octanol–water partition coefficient (Wildman–Crippen LogP) is 0.633. The Labute approximate surface area is 152 Å². The quantitative estimate of drug-likeness (QED) is 0.737. The molecule has 0 aliphatic carbocycles. The lowest BCUT2D eigenvalue weighted by Gasteiger charge is -2.41. The van der Waals surface area contributed by atoms with E-state index in [0.717, 1.165) is 13.1 Å². The van der Waals surface area contributed by atoms with E-state index in [4.69, 9.17) is 14.2 Å². The van der Waals surface area contributed by atoms with Crippen LogP contribution in [0.25, 0.3) is 0 Å². The van der Waals surface area contributed by atoms with Gasteiger partial charge in [0.15, 0.2) is 5.60 Å². The minimum absolute atomic E-state index is 0.238. The van der Waals surface area contributed by atoms with Crippen LogP contribution in [0.2, 0.25) is 0 Å². The zero-order chi connectivity index (χ0) is 18.0. The lowest BCUT2D eigenvalue weighted by atomic mass is 9.82. The Kier molecular flexibility index (Phi) is 5.04. The minimum Gasteiger partial charge on any atom is -0.379 e. The molecule has 3 aliphatic heterocycles. The first-order chi connectivity index (χ1) is 12.7. The fourth-order valence-electron chi connectivity index (χ4n) is 3.91. The zero-order valence-corrected chi connectivity index (χ0v) is 14.8. The molecule has 0 radical (unpaired) electrons. The monoisotopic (exact) mass is 360 g/mol. The second-order valence-corrected chi connectivity index (χ2v) is 6.80. The van der Waals surface area contributed by atoms with Crippen molar-refractivity contribution in [1.29, 1.82) is 0 Å². The largest absolute Gasteiger partial charge is 0.379 e. The first-order valence-electron chi connectivity index (χ1n) is 9.20. The van der Waals surface area contributed by atoms with Crippen molar-refractivity contribution in [2.24, 2.45) is 0 Å². The van der Waals surface area contributed by atoms with Crippen molar-refractivity contribution in [2.75, 3.05) is 59.2 Å². The van der Waals surface area contributed by atoms with Gasteiger partial charge in [0.05, 0.1) is 33.0 Å². The van der Waals surface area contributed by atoms with Crippen molar-refractivity contribution in [3.63, 3.8) is 0 Å². The Morgan fingerprint density at radius 1 is 0.923 bits per heavy atom. The highest BCUT2D eigenvalue weighted by atomic mass is 16.6. The van der Waals surface area contributed by atoms with Crippen LogP contribution in [0.3, 0.4) is 0 Å². The molecule has 7 nitrogen and oxygen atoms in total. The van der Waals surface area contributed by atoms with E-state index in [-0.39, 0.29) is 11.8 Å². The third kappa shape index (κ3) is 3.05. The van der Waals surface area contributed by atoms with E-state index in [1.165, 1.54) is 4.90 Å². The molecule has 1 aromatic carbocycles. The van der Waals surface area contributed by atoms with Gasteiger partial charge in [-0.05, 0) is 6.07 Å². The Morgan fingerprint density at radius 2 is 1.69 bits per heavy atom. The lowest BCUT2D eigenvalue weighted by molar-refractivity contribution is -0.158. The molecule has 2 saturated heterocycles. The van der Waals surface area contributed by atoms with E-state index in [0.29, 0.717) is 63.7 Å². The summed E-state index contributed by atoms with van der Waals surface area (Å²) >= 11 is 0. The second-order valence-electron chi connectivity index (χ2n) is 6.80. The number of morpholine rings is 1. The molecule has 4 rings (SSSR count). The summed E-state index contributed by atoms with van der Waals surface area (Å²) in [5, 5.41) is 0. The number of fused-ring (bicyclic) bond motifs is 2. The number of hydrogen-bond donors (Lipinski definition) is 0. The standard InChI is InChI=1S/C19H24N2O5/c22-17-15-3-1-2-4-16(15)19(5-10-24-13-14-26-19)18(23)21(17)7-6-20-8-11-25-12-9-20/h1-4H,5-14H2. The molecule has 0 bridgehead atoms. The Morgan fingerprint density at radius 3 is 2.54 bits per heavy atom. The molecular formula is C19H24N2O5. The number of ether oxygens (including phenoxy) is 3. The van der Waals surface area contributed by atoms with Crippen LogP contribution in [-0.2, 0) is 24.6 Å². The Hall–Kier alpha value is -1.80. The maximum atomic E-state index is 13.4. The van der Waals surface area contributed by atoms with Gasteiger partial charge in [-0.2, -0.15) is 0 Å². The van der Waals surface area contributed by atoms with Crippen LogP contribution in [0.15, 0.2) is 24.3 Å². The first kappa shape index (κ1) is 17.6. The van der Waals surface area contributed by atoms with Gasteiger partial charge < -0.3 is 14.2 Å². The van der Waals surface area contributed by atoms with Crippen LogP contribution >= 0.6 is 0 Å². The molecule has 1 atom stereocenters. The number of amides is 2. The number of nitrogens with zero attached hydrogens (tertiary/aromatic N) is 2. The number of imide groups is 1. The van der Waals surface area contributed by atoms with Crippen LogP contribution in [0.1, 0.15) is 22.3 Å². The second kappa shape index (κ2) is 7.44. The summed E-state index contributed by atoms with van der Waals surface area (Å²) in [6.07, 6.45) is 0.421. The van der Waals surface area contributed by atoms with Gasteiger partial charge >= 0.3 is 0 Å². The maximum Gasteiger partial charge on any atom is 0.266 e. The number of rotatable bonds is 3. The number of hydrogen-bond acceptors (Lipinski definition) is 6. The van der Waals surface area contributed by atoms with Gasteiger partial charge in [0.1, 0.15) is 0 Å². The van der Waals surface area contributed by atoms with Gasteiger partial charge in [-0.25, -0.2) is 0 Å². The molecule has 7 heteroatoms. The van der Waals surface area contributed by atoms with Gasteiger partial charge in [0, 0.05) is 43.7 Å². The maximum absolute atomic E-state index is 13.4. The summed E-state index contributed by atoms with van der Waals surface area (Å²) in [6, 6.07) is 7.28. The molecule has 1 unspecified atom stereocenters. The van der Waals surface area contributed by atoms with Crippen molar-refractivity contribution < 1.29 is 23.8 Å². The SMILES string of the molecule is O=C1c2ccccc2C2(CCOCCO2)C(=O)N1CCN1CCOCC1. The molecule has 1 spiro atoms. The lowest BCUT2D eigenvalue weighted by Crippen LogP contribution is -2.57. The van der Waals surface area contributed by atoms with E-state index in [1.54, 1.807) is 6.07 Å². The highest BCUT2D eigenvalue weighted by Gasteiger charge is 2.52. The molecule has 0 aromatic heterocycles. The third-order valence-electron chi connectivity index (χ3n) is 5.35. The molecule has 3 heterocycles. The van der Waals surface area contributed by atoms with Crippen LogP contribution < -0.4 is 0 Å². The number of benzene rings is 1. The fraction of sp³-hybridized carbons (Fsp3) is 0.579. The highest BCUT2D eigenvalue weighted by Crippen LogP contribution is 2.39. The van der Waals surface area contributed by atoms with Crippen molar-refractivity contribution in [3.8, 4) is 0 Å². The third-order valence-corrected chi connectivity index (χ3v) is 5.35. The average molecular weight is 360 g/mol. The predicted molar refractivity (Wildman–Crippen MR) is 92.8 cm³/mol. The molecule has 2 amide bonds. The minimum atomic E-state index is -1.12. The van der Waals surface area contributed by atoms with E-state index < -0.39 is 5.60 Å². The summed E-state index contributed by atoms with van der Waals surface area (Å²) in [4.78, 5) is 29.9. The summed E-state index contributed by atoms with van der Waals surface area (Å²) in [5.74, 6) is -0.502. The Bertz CT molecular complexity index is 678. The van der Waals surface area contributed by atoms with Crippen LogP contribution in [0.5, 0.6) is 0 Å². The van der Waals surface area contributed by atoms with Gasteiger partial charge in [0.2, 0.25) is 0 Å². The van der Waals surface area contributed by atoms with Crippen LogP contribution in [0, 0.1) is 0 Å². The summed E-state index contributed by atoms with van der Waals surface area (Å²) < 4.78 is 16.9. The molecule has 140 valence electrons. The average Bonchev–Trinajstić information content (AvgIpc) is 2.94. The fourth-order valence-corrected chi connectivity index (χ4v) is 3.91. The summed E-state index contributed by atoms with van der Waals surface area (Å²) in [7, 11) is 0. The van der Waals surface area contributed by atoms with Crippen LogP contribution in [0.4, 0.5) is 0 Å². The van der Waals surface area contributed by atoms with E-state index in [2.05, 4.69) is 4.90 Å². The van der Waals surface area contributed by atoms with Crippen molar-refractivity contribution in [3.05, 3.63) is 35.4 Å². The molecule has 0 saturated carbocycles. The van der Waals surface area contributed by atoms with Crippen LogP contribution in [-0.4, -0.2) is 80.8 Å². The highest BCUT2D eigenvalue weighted by molar-refractivity contribution is 6.12. The van der Waals surface area contributed by atoms with E-state index in [9.17, 15) is 9.59 Å². The van der Waals surface area contributed by atoms with Crippen molar-refractivity contribution >= 4 is 11.8 Å². The van der Waals surface area contributed by atoms with Gasteiger partial charge in [0.25, 0.3) is 11.8 Å². The van der Waals surface area contributed by atoms with Gasteiger partial charge in [-0.3, -0.25) is 19.4 Å². The topological polar surface area (TPSA) is 68.3 Å². The molecule has 3 aliphatic rings. The Balaban J connectivity index is 1.63. The number of carbonyl (C=O) groups is 2. The normalized spacial score (nSPS) is 27.5. The molecule has 2 fully saturated rings. The van der Waals surface area contributed by atoms with Gasteiger partial charge in [-0.15, -0.1) is 0 Å². The number of carbonyl (C=O) groups excluding carboxylic acids is 2. The first-order valence-corrected chi connectivity index (χ1v) is 9.20. The molecule has 1 aromatic rings. The molecular weight excluding hydrogens is 336 g/mol. The van der Waals surface area contributed by atoms with E-state index >= 15 is 0 Å². The molecule has 26 heavy (non-hydrogen) atoms. The van der Waals surface area contributed by atoms with Gasteiger partial charge in [-0.1, -0.05) is 18.2 Å². The summed E-state index contributed by atoms with van der Waals surface area (Å²) in [5.41, 5.74) is 0.102. The van der Waals surface area contributed by atoms with E-state index in [1.807, 2.05) is 18.2 Å². The smallest absolute Gasteiger partial charge is 0.266 e. The molecule has 0 N–H and O–H groups in total. The van der Waals surface area contributed by atoms with Crippen molar-refractivity contribution in [2.45, 2.75) is 12.0 Å². The van der Waals surface area contributed by atoms with Crippen molar-refractivity contribution in [1.82, 2.24) is 9.80 Å². The zero-order valence-electron chi connectivity index (χ0n) is 14.8.